The van der Waals surface area contributed by atoms with E-state index >= 15 is 0 Å². The Morgan fingerprint density at radius 3 is 2.64 bits per heavy atom. The maximum Gasteiger partial charge on any atom is 0.0775 e. The fraction of sp³-hybridized carbons (Fsp3) is 0.217. The molecule has 3 aromatic carbocycles. The smallest absolute Gasteiger partial charge is 0.0775 e. The van der Waals surface area contributed by atoms with Gasteiger partial charge in [-0.1, -0.05) is 66.7 Å². The van der Waals surface area contributed by atoms with Crippen molar-refractivity contribution >= 4 is 0 Å². The van der Waals surface area contributed by atoms with Gasteiger partial charge in [-0.3, -0.25) is 0 Å². The van der Waals surface area contributed by atoms with Crippen molar-refractivity contribution in [2.45, 2.75) is 32.0 Å². The van der Waals surface area contributed by atoms with Gasteiger partial charge >= 0.3 is 0 Å². The van der Waals surface area contributed by atoms with Crippen molar-refractivity contribution in [2.75, 3.05) is 0 Å². The average molecular weight is 329 g/mol. The Kier molecular flexibility index (Phi) is 4.39. The maximum absolute atomic E-state index is 10.4. The van der Waals surface area contributed by atoms with Gasteiger partial charge in [-0.15, -0.1) is 0 Å². The molecule has 1 aliphatic carbocycles. The second kappa shape index (κ2) is 6.83. The summed E-state index contributed by atoms with van der Waals surface area (Å²) in [5.74, 6) is 0. The molecule has 2 heteroatoms. The minimum Gasteiger partial charge on any atom is -0.391 e. The third-order valence-electron chi connectivity index (χ3n) is 5.11. The summed E-state index contributed by atoms with van der Waals surface area (Å²) in [6.07, 6.45) is 0.383. The van der Waals surface area contributed by atoms with Gasteiger partial charge in [0.25, 0.3) is 0 Å². The van der Waals surface area contributed by atoms with Gasteiger partial charge in [-0.25, -0.2) is 0 Å². The fourth-order valence-electron chi connectivity index (χ4n) is 3.79. The van der Waals surface area contributed by atoms with Gasteiger partial charge < -0.3 is 10.4 Å². The van der Waals surface area contributed by atoms with E-state index in [4.69, 9.17) is 0 Å². The van der Waals surface area contributed by atoms with Crippen LogP contribution < -0.4 is 5.32 Å². The van der Waals surface area contributed by atoms with Crippen molar-refractivity contribution in [2.24, 2.45) is 0 Å². The summed E-state index contributed by atoms with van der Waals surface area (Å²) in [4.78, 5) is 0. The molecule has 0 bridgehead atoms. The van der Waals surface area contributed by atoms with E-state index in [2.05, 4.69) is 72.9 Å². The number of fused-ring (bicyclic) bond motifs is 1. The van der Waals surface area contributed by atoms with Gasteiger partial charge in [0.15, 0.2) is 0 Å². The van der Waals surface area contributed by atoms with Crippen molar-refractivity contribution in [1.82, 2.24) is 5.32 Å². The lowest BCUT2D eigenvalue weighted by Gasteiger charge is -2.18. The summed E-state index contributed by atoms with van der Waals surface area (Å²) in [5, 5.41) is 13.9. The second-order valence-electron chi connectivity index (χ2n) is 6.84. The number of benzene rings is 3. The molecular weight excluding hydrogens is 306 g/mol. The molecular formula is C23H23NO. The van der Waals surface area contributed by atoms with E-state index in [1.54, 1.807) is 0 Å². The van der Waals surface area contributed by atoms with Gasteiger partial charge in [0.1, 0.15) is 0 Å². The normalized spacial score (nSPS) is 19.0. The number of aliphatic hydroxyl groups is 1. The molecule has 2 atom stereocenters. The van der Waals surface area contributed by atoms with Crippen LogP contribution in [0.4, 0.5) is 0 Å². The zero-order chi connectivity index (χ0) is 17.2. The molecule has 0 fully saturated rings. The number of rotatable bonds is 4. The number of hydrogen-bond acceptors (Lipinski definition) is 2. The molecule has 0 saturated carbocycles. The first-order valence-electron chi connectivity index (χ1n) is 8.86. The van der Waals surface area contributed by atoms with E-state index in [1.807, 2.05) is 12.1 Å². The van der Waals surface area contributed by atoms with Crippen LogP contribution in [0.2, 0.25) is 0 Å². The molecule has 0 saturated heterocycles. The fourth-order valence-corrected chi connectivity index (χ4v) is 3.79. The molecule has 25 heavy (non-hydrogen) atoms. The molecule has 0 amide bonds. The Morgan fingerprint density at radius 1 is 0.960 bits per heavy atom. The highest BCUT2D eigenvalue weighted by Crippen LogP contribution is 2.31. The zero-order valence-electron chi connectivity index (χ0n) is 14.4. The standard InChI is InChI=1S/C23H23NO/c1-16-7-2-4-11-20(16)18-10-6-8-17(13-18)15-24-23-21-12-5-3-9-19(21)14-22(23)25/h2-13,22-25H,14-15H2,1H3/t22-,23+/m0/s1. The van der Waals surface area contributed by atoms with E-state index in [0.29, 0.717) is 0 Å². The van der Waals surface area contributed by atoms with E-state index in [-0.39, 0.29) is 12.1 Å². The van der Waals surface area contributed by atoms with Crippen LogP contribution in [0.5, 0.6) is 0 Å². The van der Waals surface area contributed by atoms with Crippen molar-refractivity contribution in [1.29, 1.82) is 0 Å². The summed E-state index contributed by atoms with van der Waals surface area (Å²) in [6, 6.07) is 25.4. The lowest BCUT2D eigenvalue weighted by atomic mass is 9.99. The van der Waals surface area contributed by atoms with Crippen LogP contribution in [0, 0.1) is 6.92 Å². The molecule has 2 nitrogen and oxygen atoms in total. The first kappa shape index (κ1) is 16.1. The van der Waals surface area contributed by atoms with Crippen LogP contribution >= 0.6 is 0 Å². The highest BCUT2D eigenvalue weighted by molar-refractivity contribution is 5.67. The van der Waals surface area contributed by atoms with Gasteiger partial charge in [0.2, 0.25) is 0 Å². The van der Waals surface area contributed by atoms with E-state index < -0.39 is 0 Å². The molecule has 0 radical (unpaired) electrons. The monoisotopic (exact) mass is 329 g/mol. The lowest BCUT2D eigenvalue weighted by Crippen LogP contribution is -2.28. The van der Waals surface area contributed by atoms with Crippen molar-refractivity contribution in [3.8, 4) is 11.1 Å². The maximum atomic E-state index is 10.4. The predicted octanol–water partition coefficient (Wildman–Crippen LogP) is 4.41. The summed E-state index contributed by atoms with van der Waals surface area (Å²) >= 11 is 0. The molecule has 4 rings (SSSR count). The van der Waals surface area contributed by atoms with Crippen LogP contribution in [0.3, 0.4) is 0 Å². The SMILES string of the molecule is Cc1ccccc1-c1cccc(CN[C@@H]2c3ccccc3C[C@@H]2O)c1. The quantitative estimate of drug-likeness (QED) is 0.743. The van der Waals surface area contributed by atoms with Crippen LogP contribution in [0.15, 0.2) is 72.8 Å². The Morgan fingerprint density at radius 2 is 1.76 bits per heavy atom. The Balaban J connectivity index is 1.53. The second-order valence-corrected chi connectivity index (χ2v) is 6.84. The molecule has 2 N–H and O–H groups in total. The highest BCUT2D eigenvalue weighted by atomic mass is 16.3. The average Bonchev–Trinajstić information content (AvgIpc) is 2.96. The third-order valence-corrected chi connectivity index (χ3v) is 5.11. The molecule has 126 valence electrons. The minimum atomic E-state index is -0.350. The van der Waals surface area contributed by atoms with Crippen LogP contribution in [-0.2, 0) is 13.0 Å². The zero-order valence-corrected chi connectivity index (χ0v) is 14.4. The van der Waals surface area contributed by atoms with Crippen molar-refractivity contribution in [3.63, 3.8) is 0 Å². The van der Waals surface area contributed by atoms with E-state index in [0.717, 1.165) is 13.0 Å². The summed E-state index contributed by atoms with van der Waals surface area (Å²) in [5.41, 5.74) is 7.51. The minimum absolute atomic E-state index is 0.0123. The third kappa shape index (κ3) is 3.23. The first-order chi connectivity index (χ1) is 12.2. The number of aryl methyl sites for hydroxylation is 1. The van der Waals surface area contributed by atoms with Crippen molar-refractivity contribution < 1.29 is 5.11 Å². The van der Waals surface area contributed by atoms with Crippen LogP contribution in [-0.4, -0.2) is 11.2 Å². The molecule has 1 aliphatic rings. The largest absolute Gasteiger partial charge is 0.391 e. The molecule has 0 unspecified atom stereocenters. The van der Waals surface area contributed by atoms with Gasteiger partial charge in [-0.2, -0.15) is 0 Å². The Labute approximate surface area is 149 Å². The van der Waals surface area contributed by atoms with Gasteiger partial charge in [0, 0.05) is 13.0 Å². The molecule has 0 heterocycles. The summed E-state index contributed by atoms with van der Waals surface area (Å²) in [6.45, 7) is 2.89. The topological polar surface area (TPSA) is 32.3 Å². The number of aliphatic hydroxyl groups excluding tert-OH is 1. The Bertz CT molecular complexity index is 887. The van der Waals surface area contributed by atoms with Crippen LogP contribution in [0.25, 0.3) is 11.1 Å². The lowest BCUT2D eigenvalue weighted by molar-refractivity contribution is 0.140. The predicted molar refractivity (Wildman–Crippen MR) is 102 cm³/mol. The van der Waals surface area contributed by atoms with E-state index in [9.17, 15) is 5.11 Å². The van der Waals surface area contributed by atoms with Crippen LogP contribution in [0.1, 0.15) is 28.3 Å². The molecule has 3 aromatic rings. The van der Waals surface area contributed by atoms with Crippen molar-refractivity contribution in [3.05, 3.63) is 95.1 Å². The number of nitrogens with one attached hydrogen (secondary N) is 1. The molecule has 0 spiro atoms. The Hall–Kier alpha value is -2.42. The van der Waals surface area contributed by atoms with Gasteiger partial charge in [-0.05, 0) is 46.4 Å². The number of hydrogen-bond donors (Lipinski definition) is 2. The van der Waals surface area contributed by atoms with Gasteiger partial charge in [0.05, 0.1) is 12.1 Å². The molecule has 0 aromatic heterocycles. The molecule has 0 aliphatic heterocycles. The highest BCUT2D eigenvalue weighted by Gasteiger charge is 2.29. The van der Waals surface area contributed by atoms with E-state index in [1.165, 1.54) is 33.4 Å². The summed E-state index contributed by atoms with van der Waals surface area (Å²) in [7, 11) is 0. The summed E-state index contributed by atoms with van der Waals surface area (Å²) < 4.78 is 0. The first-order valence-corrected chi connectivity index (χ1v) is 8.86.